The van der Waals surface area contributed by atoms with Gasteiger partial charge in [0.05, 0.1) is 4.90 Å². The van der Waals surface area contributed by atoms with Gasteiger partial charge in [-0.25, -0.2) is 13.1 Å². The van der Waals surface area contributed by atoms with E-state index in [0.717, 1.165) is 33.9 Å². The van der Waals surface area contributed by atoms with Crippen molar-refractivity contribution in [1.29, 1.82) is 0 Å². The number of carbonyl (C=O) groups excluding carboxylic acids is 1. The molecule has 1 aromatic heterocycles. The smallest absolute Gasteiger partial charge is 0.240 e. The number of ketones is 1. The van der Waals surface area contributed by atoms with Crippen LogP contribution in [0.2, 0.25) is 0 Å². The zero-order valence-corrected chi connectivity index (χ0v) is 18.8. The van der Waals surface area contributed by atoms with Crippen molar-refractivity contribution in [2.75, 3.05) is 0 Å². The van der Waals surface area contributed by atoms with Crippen molar-refractivity contribution in [3.05, 3.63) is 108 Å². The number of benzene rings is 3. The lowest BCUT2D eigenvalue weighted by atomic mass is 10.00. The Balaban J connectivity index is 1.25. The lowest BCUT2D eigenvalue weighted by Crippen LogP contribution is -2.23. The van der Waals surface area contributed by atoms with Gasteiger partial charge in [-0.05, 0) is 58.0 Å². The summed E-state index contributed by atoms with van der Waals surface area (Å²) in [4.78, 5) is 17.1. The van der Waals surface area contributed by atoms with Gasteiger partial charge in [-0.1, -0.05) is 60.7 Å². The third-order valence-corrected chi connectivity index (χ3v) is 7.58. The molecule has 166 valence electrons. The van der Waals surface area contributed by atoms with Crippen LogP contribution in [0.4, 0.5) is 0 Å². The molecule has 5 rings (SSSR count). The summed E-state index contributed by atoms with van der Waals surface area (Å²) in [6, 6.07) is 24.8. The van der Waals surface area contributed by atoms with Gasteiger partial charge in [0.25, 0.3) is 0 Å². The van der Waals surface area contributed by atoms with Crippen molar-refractivity contribution in [2.24, 2.45) is 5.92 Å². The van der Waals surface area contributed by atoms with Crippen LogP contribution >= 0.6 is 0 Å². The first-order valence-corrected chi connectivity index (χ1v) is 12.5. The molecule has 1 aliphatic rings. The van der Waals surface area contributed by atoms with Gasteiger partial charge in [-0.2, -0.15) is 0 Å². The molecule has 3 aromatic carbocycles. The maximum Gasteiger partial charge on any atom is 0.240 e. The summed E-state index contributed by atoms with van der Waals surface area (Å²) in [5.41, 5.74) is 2.70. The van der Waals surface area contributed by atoms with E-state index < -0.39 is 10.0 Å². The zero-order chi connectivity index (χ0) is 22.8. The van der Waals surface area contributed by atoms with Crippen LogP contribution in [0.15, 0.2) is 96.2 Å². The van der Waals surface area contributed by atoms with E-state index in [0.29, 0.717) is 6.42 Å². The van der Waals surface area contributed by atoms with Gasteiger partial charge < -0.3 is 0 Å². The number of carbonyl (C=O) groups is 1. The first kappa shape index (κ1) is 21.5. The van der Waals surface area contributed by atoms with E-state index in [-0.39, 0.29) is 29.1 Å². The summed E-state index contributed by atoms with van der Waals surface area (Å²) in [7, 11) is -3.66. The minimum absolute atomic E-state index is 0.0576. The van der Waals surface area contributed by atoms with Gasteiger partial charge in [0.2, 0.25) is 10.0 Å². The topological polar surface area (TPSA) is 76.1 Å². The molecule has 1 heterocycles. The highest BCUT2D eigenvalue weighted by Crippen LogP contribution is 2.48. The van der Waals surface area contributed by atoms with Crippen molar-refractivity contribution in [3.63, 3.8) is 0 Å². The minimum atomic E-state index is -3.66. The van der Waals surface area contributed by atoms with Crippen molar-refractivity contribution in [2.45, 2.75) is 30.2 Å². The molecule has 0 amide bonds. The number of hydrogen-bond acceptors (Lipinski definition) is 4. The number of hydrogen-bond donors (Lipinski definition) is 1. The summed E-state index contributed by atoms with van der Waals surface area (Å²) < 4.78 is 28.2. The van der Waals surface area contributed by atoms with Crippen molar-refractivity contribution in [1.82, 2.24) is 9.71 Å². The Hall–Kier alpha value is -3.35. The fraction of sp³-hybridized carbons (Fsp3) is 0.185. The number of sulfonamides is 1. The molecule has 0 aliphatic heterocycles. The molecule has 6 heteroatoms. The van der Waals surface area contributed by atoms with E-state index in [1.165, 1.54) is 0 Å². The molecule has 0 unspecified atom stereocenters. The van der Waals surface area contributed by atoms with E-state index >= 15 is 0 Å². The highest BCUT2D eigenvalue weighted by molar-refractivity contribution is 7.89. The Kier molecular flexibility index (Phi) is 5.79. The summed E-state index contributed by atoms with van der Waals surface area (Å²) in [6.07, 6.45) is 4.44. The zero-order valence-electron chi connectivity index (χ0n) is 18.0. The molecule has 0 saturated heterocycles. The number of fused-ring (bicyclic) bond motifs is 1. The predicted octanol–water partition coefficient (Wildman–Crippen LogP) is 4.63. The Morgan fingerprint density at radius 2 is 1.76 bits per heavy atom. The molecule has 1 saturated carbocycles. The van der Waals surface area contributed by atoms with Gasteiger partial charge in [-0.3, -0.25) is 9.78 Å². The normalized spacial score (nSPS) is 17.7. The third-order valence-electron chi connectivity index (χ3n) is 6.18. The highest BCUT2D eigenvalue weighted by atomic mass is 32.2. The van der Waals surface area contributed by atoms with E-state index in [9.17, 15) is 13.2 Å². The van der Waals surface area contributed by atoms with Gasteiger partial charge >= 0.3 is 0 Å². The van der Waals surface area contributed by atoms with Crippen molar-refractivity contribution in [3.8, 4) is 0 Å². The molecule has 0 spiro atoms. The number of Topliss-reactive ketones (excluding diaryl/α,β-unsaturated/α-hetero) is 1. The first-order chi connectivity index (χ1) is 16.0. The molecule has 1 N–H and O–H groups in total. The van der Waals surface area contributed by atoms with Crippen LogP contribution in [0.1, 0.15) is 29.0 Å². The van der Waals surface area contributed by atoms with Crippen LogP contribution in [0.3, 0.4) is 0 Å². The molecular weight excluding hydrogens is 432 g/mol. The lowest BCUT2D eigenvalue weighted by molar-refractivity contribution is -0.119. The van der Waals surface area contributed by atoms with Gasteiger partial charge in [0, 0.05) is 31.3 Å². The molecule has 2 atom stereocenters. The predicted molar refractivity (Wildman–Crippen MR) is 128 cm³/mol. The average Bonchev–Trinajstić information content (AvgIpc) is 3.65. The molecule has 0 bridgehead atoms. The lowest BCUT2D eigenvalue weighted by Gasteiger charge is -2.09. The van der Waals surface area contributed by atoms with E-state index in [1.807, 2.05) is 30.3 Å². The fourth-order valence-electron chi connectivity index (χ4n) is 4.28. The molecular formula is C27H24N2O3S. The standard InChI is InChI=1S/C27H24N2O3S/c30-27(14-19-10-11-21-6-1-2-7-22(21)13-19)26-16-25(26)23-8-3-9-24(15-23)33(31,32)29-18-20-5-4-12-28-17-20/h1-13,15,17,25-26,29H,14,16,18H2/t25-,26+/m0/s1. The molecule has 0 radical (unpaired) electrons. The fourth-order valence-corrected chi connectivity index (χ4v) is 5.35. The molecule has 1 aliphatic carbocycles. The molecule has 4 aromatic rings. The number of aromatic nitrogens is 1. The monoisotopic (exact) mass is 456 g/mol. The van der Waals surface area contributed by atoms with E-state index in [1.54, 1.807) is 36.7 Å². The van der Waals surface area contributed by atoms with E-state index in [4.69, 9.17) is 0 Å². The number of nitrogens with one attached hydrogen (secondary N) is 1. The number of rotatable bonds is 8. The second-order valence-electron chi connectivity index (χ2n) is 8.53. The van der Waals surface area contributed by atoms with Crippen LogP contribution in [-0.4, -0.2) is 19.2 Å². The quantitative estimate of drug-likeness (QED) is 0.419. The van der Waals surface area contributed by atoms with Gasteiger partial charge in [0.1, 0.15) is 5.78 Å². The number of pyridine rings is 1. The minimum Gasteiger partial charge on any atom is -0.299 e. The maximum atomic E-state index is 12.9. The Morgan fingerprint density at radius 1 is 0.909 bits per heavy atom. The van der Waals surface area contributed by atoms with Crippen LogP contribution < -0.4 is 4.72 Å². The summed E-state index contributed by atoms with van der Waals surface area (Å²) >= 11 is 0. The van der Waals surface area contributed by atoms with Gasteiger partial charge in [-0.15, -0.1) is 0 Å². The molecule has 5 nitrogen and oxygen atoms in total. The highest BCUT2D eigenvalue weighted by Gasteiger charge is 2.43. The van der Waals surface area contributed by atoms with E-state index in [2.05, 4.69) is 34.0 Å². The first-order valence-electron chi connectivity index (χ1n) is 11.0. The van der Waals surface area contributed by atoms with Crippen LogP contribution in [0.5, 0.6) is 0 Å². The third kappa shape index (κ3) is 4.87. The Bertz CT molecular complexity index is 1420. The van der Waals surface area contributed by atoms with Crippen LogP contribution in [0.25, 0.3) is 10.8 Å². The summed E-state index contributed by atoms with van der Waals surface area (Å²) in [5, 5.41) is 2.29. The number of nitrogens with zero attached hydrogens (tertiary/aromatic N) is 1. The van der Waals surface area contributed by atoms with Crippen LogP contribution in [-0.2, 0) is 27.8 Å². The Labute approximate surface area is 193 Å². The second kappa shape index (κ2) is 8.89. The average molecular weight is 457 g/mol. The maximum absolute atomic E-state index is 12.9. The van der Waals surface area contributed by atoms with Crippen LogP contribution in [0, 0.1) is 5.92 Å². The molecule has 33 heavy (non-hydrogen) atoms. The molecule has 1 fully saturated rings. The SMILES string of the molecule is O=C(Cc1ccc2ccccc2c1)[C@@H]1C[C@H]1c1cccc(S(=O)(=O)NCc2cccnc2)c1. The largest absolute Gasteiger partial charge is 0.299 e. The van der Waals surface area contributed by atoms with Gasteiger partial charge in [0.15, 0.2) is 0 Å². The second-order valence-corrected chi connectivity index (χ2v) is 10.3. The summed E-state index contributed by atoms with van der Waals surface area (Å²) in [6.45, 7) is 0.177. The Morgan fingerprint density at radius 3 is 2.58 bits per heavy atom. The van der Waals surface area contributed by atoms with Crippen molar-refractivity contribution < 1.29 is 13.2 Å². The van der Waals surface area contributed by atoms with Crippen molar-refractivity contribution >= 4 is 26.6 Å². The summed E-state index contributed by atoms with van der Waals surface area (Å²) in [5.74, 6) is 0.224.